The van der Waals surface area contributed by atoms with E-state index in [-0.39, 0.29) is 5.92 Å². The van der Waals surface area contributed by atoms with Gasteiger partial charge in [0.15, 0.2) is 5.78 Å². The Bertz CT molecular complexity index is 845. The summed E-state index contributed by atoms with van der Waals surface area (Å²) in [6, 6.07) is 18.2. The maximum Gasteiger partial charge on any atom is 0.166 e. The smallest absolute Gasteiger partial charge is 0.166 e. The Kier molecular flexibility index (Phi) is 4.66. The van der Waals surface area contributed by atoms with Gasteiger partial charge in [-0.25, -0.2) is 0 Å². The van der Waals surface area contributed by atoms with Crippen molar-refractivity contribution in [2.45, 2.75) is 19.3 Å². The fraction of sp³-hybridized carbons (Fsp3) is 0.318. The Labute approximate surface area is 148 Å². The van der Waals surface area contributed by atoms with Crippen LogP contribution in [0.25, 0.3) is 10.9 Å². The molecule has 0 unspecified atom stereocenters. The van der Waals surface area contributed by atoms with Crippen LogP contribution in [0, 0.1) is 5.92 Å². The van der Waals surface area contributed by atoms with Crippen molar-refractivity contribution in [3.63, 3.8) is 0 Å². The van der Waals surface area contributed by atoms with E-state index in [9.17, 15) is 4.79 Å². The van der Waals surface area contributed by atoms with E-state index in [2.05, 4.69) is 40.3 Å². The van der Waals surface area contributed by atoms with Gasteiger partial charge in [0.25, 0.3) is 0 Å². The fourth-order valence-corrected chi connectivity index (χ4v) is 3.87. The molecule has 25 heavy (non-hydrogen) atoms. The fourth-order valence-electron chi connectivity index (χ4n) is 3.87. The molecule has 1 aliphatic rings. The van der Waals surface area contributed by atoms with Gasteiger partial charge in [0.1, 0.15) is 0 Å². The van der Waals surface area contributed by atoms with Gasteiger partial charge >= 0.3 is 0 Å². The van der Waals surface area contributed by atoms with E-state index in [1.165, 1.54) is 16.5 Å². The Hall–Kier alpha value is -2.39. The number of carbonyl (C=O) groups excluding carboxylic acids is 1. The SMILES string of the molecule is O=C(c1ccccc1)C1CCN(CCc2c[nH]c3ccccc23)CC1. The third-order valence-electron chi connectivity index (χ3n) is 5.39. The van der Waals surface area contributed by atoms with Crippen molar-refractivity contribution < 1.29 is 4.79 Å². The van der Waals surface area contributed by atoms with Gasteiger partial charge in [-0.3, -0.25) is 4.79 Å². The van der Waals surface area contributed by atoms with Crippen LogP contribution in [0.15, 0.2) is 60.8 Å². The Morgan fingerprint density at radius 2 is 1.72 bits per heavy atom. The average Bonchev–Trinajstić information content (AvgIpc) is 3.10. The number of benzene rings is 2. The number of fused-ring (bicyclic) bond motifs is 1. The minimum Gasteiger partial charge on any atom is -0.361 e. The highest BCUT2D eigenvalue weighted by Gasteiger charge is 2.25. The van der Waals surface area contributed by atoms with Gasteiger partial charge in [-0.05, 0) is 44.0 Å². The van der Waals surface area contributed by atoms with Crippen molar-refractivity contribution in [3.05, 3.63) is 71.9 Å². The number of nitrogens with one attached hydrogen (secondary N) is 1. The molecule has 3 nitrogen and oxygen atoms in total. The minimum absolute atomic E-state index is 0.187. The summed E-state index contributed by atoms with van der Waals surface area (Å²) >= 11 is 0. The molecule has 2 heterocycles. The van der Waals surface area contributed by atoms with Crippen molar-refractivity contribution in [2.75, 3.05) is 19.6 Å². The average molecular weight is 332 g/mol. The topological polar surface area (TPSA) is 36.1 Å². The van der Waals surface area contributed by atoms with Gasteiger partial charge in [0, 0.05) is 35.1 Å². The zero-order chi connectivity index (χ0) is 17.1. The number of carbonyl (C=O) groups is 1. The lowest BCUT2D eigenvalue weighted by Gasteiger charge is -2.31. The number of H-pyrrole nitrogens is 1. The molecule has 4 rings (SSSR count). The molecule has 0 saturated carbocycles. The third kappa shape index (κ3) is 3.52. The number of hydrogen-bond acceptors (Lipinski definition) is 2. The zero-order valence-electron chi connectivity index (χ0n) is 14.4. The van der Waals surface area contributed by atoms with Crippen LogP contribution in [-0.4, -0.2) is 35.3 Å². The molecule has 1 aromatic heterocycles. The molecule has 1 saturated heterocycles. The van der Waals surface area contributed by atoms with Crippen LogP contribution in [0.5, 0.6) is 0 Å². The molecule has 1 fully saturated rings. The second-order valence-corrected chi connectivity index (χ2v) is 6.96. The summed E-state index contributed by atoms with van der Waals surface area (Å²) in [4.78, 5) is 18.4. The Morgan fingerprint density at radius 3 is 2.52 bits per heavy atom. The van der Waals surface area contributed by atoms with Crippen LogP contribution >= 0.6 is 0 Å². The zero-order valence-corrected chi connectivity index (χ0v) is 14.4. The highest BCUT2D eigenvalue weighted by atomic mass is 16.1. The molecule has 0 aliphatic carbocycles. The van der Waals surface area contributed by atoms with Crippen LogP contribution in [-0.2, 0) is 6.42 Å². The number of aromatic nitrogens is 1. The predicted molar refractivity (Wildman–Crippen MR) is 102 cm³/mol. The van der Waals surface area contributed by atoms with Gasteiger partial charge in [-0.15, -0.1) is 0 Å². The molecule has 2 aromatic carbocycles. The van der Waals surface area contributed by atoms with Crippen LogP contribution in [0.3, 0.4) is 0 Å². The highest BCUT2D eigenvalue weighted by molar-refractivity contribution is 5.97. The van der Waals surface area contributed by atoms with Crippen LogP contribution in [0.4, 0.5) is 0 Å². The van der Waals surface area contributed by atoms with E-state index < -0.39 is 0 Å². The normalized spacial score (nSPS) is 16.3. The van der Waals surface area contributed by atoms with E-state index in [1.54, 1.807) is 0 Å². The van der Waals surface area contributed by atoms with Crippen molar-refractivity contribution in [2.24, 2.45) is 5.92 Å². The Morgan fingerprint density at radius 1 is 1.00 bits per heavy atom. The third-order valence-corrected chi connectivity index (χ3v) is 5.39. The first-order chi connectivity index (χ1) is 12.3. The lowest BCUT2D eigenvalue weighted by atomic mass is 9.89. The molecule has 1 N–H and O–H groups in total. The van der Waals surface area contributed by atoms with E-state index in [1.807, 2.05) is 30.3 Å². The van der Waals surface area contributed by atoms with Crippen LogP contribution in [0.2, 0.25) is 0 Å². The largest absolute Gasteiger partial charge is 0.361 e. The van der Waals surface area contributed by atoms with E-state index in [0.29, 0.717) is 5.78 Å². The summed E-state index contributed by atoms with van der Waals surface area (Å²) in [5.74, 6) is 0.503. The van der Waals surface area contributed by atoms with Crippen LogP contribution in [0.1, 0.15) is 28.8 Å². The van der Waals surface area contributed by atoms with Crippen LogP contribution < -0.4 is 0 Å². The molecule has 1 aliphatic heterocycles. The molecule has 0 bridgehead atoms. The first-order valence-electron chi connectivity index (χ1n) is 9.18. The summed E-state index contributed by atoms with van der Waals surface area (Å²) < 4.78 is 0. The summed E-state index contributed by atoms with van der Waals surface area (Å²) in [6.07, 6.45) is 5.14. The molecular formula is C22H24N2O. The van der Waals surface area contributed by atoms with Gasteiger partial charge in [-0.2, -0.15) is 0 Å². The summed E-state index contributed by atoms with van der Waals surface area (Å²) in [5, 5.41) is 1.33. The maximum atomic E-state index is 12.6. The van der Waals surface area contributed by atoms with Gasteiger partial charge in [-0.1, -0.05) is 48.5 Å². The summed E-state index contributed by atoms with van der Waals surface area (Å²) in [6.45, 7) is 3.10. The molecular weight excluding hydrogens is 308 g/mol. The number of nitrogens with zero attached hydrogens (tertiary/aromatic N) is 1. The molecule has 0 atom stereocenters. The molecule has 0 amide bonds. The lowest BCUT2D eigenvalue weighted by molar-refractivity contribution is 0.0841. The number of rotatable bonds is 5. The lowest BCUT2D eigenvalue weighted by Crippen LogP contribution is -2.37. The quantitative estimate of drug-likeness (QED) is 0.707. The summed E-state index contributed by atoms with van der Waals surface area (Å²) in [5.41, 5.74) is 3.46. The molecule has 0 radical (unpaired) electrons. The molecule has 3 aromatic rings. The maximum absolute atomic E-state index is 12.6. The molecule has 0 spiro atoms. The minimum atomic E-state index is 0.187. The monoisotopic (exact) mass is 332 g/mol. The first kappa shape index (κ1) is 16.1. The van der Waals surface area contributed by atoms with E-state index in [4.69, 9.17) is 0 Å². The number of likely N-dealkylation sites (tertiary alicyclic amines) is 1. The number of Topliss-reactive ketones (excluding diaryl/α,β-unsaturated/α-hetero) is 1. The number of piperidine rings is 1. The van der Waals surface area contributed by atoms with E-state index in [0.717, 1.165) is 44.5 Å². The Balaban J connectivity index is 1.31. The second kappa shape index (κ2) is 7.24. The second-order valence-electron chi connectivity index (χ2n) is 6.96. The van der Waals surface area contributed by atoms with Gasteiger partial charge in [0.05, 0.1) is 0 Å². The standard InChI is InChI=1S/C22H24N2O/c25-22(17-6-2-1-3-7-17)18-10-13-24(14-11-18)15-12-19-16-23-21-9-5-4-8-20(19)21/h1-9,16,18,23H,10-15H2. The number of aromatic amines is 1. The predicted octanol–water partition coefficient (Wildman–Crippen LogP) is 4.31. The number of ketones is 1. The van der Waals surface area contributed by atoms with Crippen molar-refractivity contribution in [3.8, 4) is 0 Å². The van der Waals surface area contributed by atoms with Gasteiger partial charge in [0.2, 0.25) is 0 Å². The molecule has 128 valence electrons. The van der Waals surface area contributed by atoms with Crippen molar-refractivity contribution in [1.82, 2.24) is 9.88 Å². The number of para-hydroxylation sites is 1. The molecule has 3 heteroatoms. The van der Waals surface area contributed by atoms with Crippen molar-refractivity contribution >= 4 is 16.7 Å². The highest BCUT2D eigenvalue weighted by Crippen LogP contribution is 2.23. The van der Waals surface area contributed by atoms with Gasteiger partial charge < -0.3 is 9.88 Å². The number of hydrogen-bond donors (Lipinski definition) is 1. The first-order valence-corrected chi connectivity index (χ1v) is 9.18. The van der Waals surface area contributed by atoms with Crippen molar-refractivity contribution in [1.29, 1.82) is 0 Å². The van der Waals surface area contributed by atoms with E-state index >= 15 is 0 Å². The summed E-state index contributed by atoms with van der Waals surface area (Å²) in [7, 11) is 0.